The van der Waals surface area contributed by atoms with Gasteiger partial charge in [-0.3, -0.25) is 4.90 Å². The van der Waals surface area contributed by atoms with E-state index in [1.165, 1.54) is 19.4 Å². The largest absolute Gasteiger partial charge is 0.368 e. The topological polar surface area (TPSA) is 79.1 Å². The van der Waals surface area contributed by atoms with Gasteiger partial charge in [0.05, 0.1) is 0 Å². The number of likely N-dealkylation sites (tertiary alicyclic amines) is 1. The molecule has 20 heavy (non-hydrogen) atoms. The highest BCUT2D eigenvalue weighted by molar-refractivity contribution is 5.56. The summed E-state index contributed by atoms with van der Waals surface area (Å²) in [5.74, 6) is 7.94. The Hall–Kier alpha value is -1.40. The van der Waals surface area contributed by atoms with Crippen molar-refractivity contribution in [2.75, 3.05) is 30.4 Å². The molecule has 1 fully saturated rings. The normalized spacial score (nSPS) is 19.3. The van der Waals surface area contributed by atoms with Crippen LogP contribution < -0.4 is 16.6 Å². The van der Waals surface area contributed by atoms with Crippen molar-refractivity contribution in [2.45, 2.75) is 46.1 Å². The number of rotatable bonds is 6. The molecule has 1 atom stereocenters. The molecular formula is C14H26N6. The van der Waals surface area contributed by atoms with Gasteiger partial charge in [0.15, 0.2) is 0 Å². The van der Waals surface area contributed by atoms with Crippen molar-refractivity contribution in [1.82, 2.24) is 14.9 Å². The minimum atomic E-state index is 0.605. The molecule has 0 spiro atoms. The molecule has 0 amide bonds. The lowest BCUT2D eigenvalue weighted by Gasteiger charge is -2.23. The molecule has 1 aromatic heterocycles. The zero-order valence-corrected chi connectivity index (χ0v) is 12.7. The number of hydrogen-bond donors (Lipinski definition) is 3. The summed E-state index contributed by atoms with van der Waals surface area (Å²) in [7, 11) is 0. The van der Waals surface area contributed by atoms with Crippen molar-refractivity contribution in [3.8, 4) is 0 Å². The van der Waals surface area contributed by atoms with E-state index in [0.29, 0.717) is 11.9 Å². The number of aromatic nitrogens is 2. The Morgan fingerprint density at radius 1 is 1.30 bits per heavy atom. The van der Waals surface area contributed by atoms with Gasteiger partial charge in [-0.2, -0.15) is 0 Å². The predicted octanol–water partition coefficient (Wildman–Crippen LogP) is 1.53. The van der Waals surface area contributed by atoms with E-state index in [1.807, 2.05) is 13.8 Å². The highest BCUT2D eigenvalue weighted by Crippen LogP contribution is 2.21. The SMILES string of the molecule is CCc1nc(NN)c(C)c(NCC2CCCN2CC)n1. The van der Waals surface area contributed by atoms with E-state index in [-0.39, 0.29) is 0 Å². The molecule has 0 bridgehead atoms. The Morgan fingerprint density at radius 3 is 2.70 bits per heavy atom. The van der Waals surface area contributed by atoms with Gasteiger partial charge < -0.3 is 10.7 Å². The van der Waals surface area contributed by atoms with Gasteiger partial charge in [-0.05, 0) is 32.9 Å². The van der Waals surface area contributed by atoms with Gasteiger partial charge in [0, 0.05) is 24.6 Å². The lowest BCUT2D eigenvalue weighted by atomic mass is 10.2. The molecule has 6 heteroatoms. The number of nitrogens with zero attached hydrogens (tertiary/aromatic N) is 3. The molecule has 6 nitrogen and oxygen atoms in total. The van der Waals surface area contributed by atoms with Crippen LogP contribution in [0.1, 0.15) is 38.1 Å². The standard InChI is InChI=1S/C14H26N6/c1-4-12-17-13(10(3)14(18-12)19-15)16-9-11-7-6-8-20(11)5-2/h11H,4-9,15H2,1-3H3,(H2,16,17,18,19). The Balaban J connectivity index is 2.08. The van der Waals surface area contributed by atoms with Crippen molar-refractivity contribution < 1.29 is 0 Å². The first-order chi connectivity index (χ1) is 9.69. The fourth-order valence-corrected chi connectivity index (χ4v) is 2.79. The van der Waals surface area contributed by atoms with Crippen LogP contribution in [0.3, 0.4) is 0 Å². The molecular weight excluding hydrogens is 252 g/mol. The number of nitrogen functional groups attached to an aromatic ring is 1. The second-order valence-corrected chi connectivity index (χ2v) is 5.27. The van der Waals surface area contributed by atoms with Crippen LogP contribution in [-0.4, -0.2) is 40.5 Å². The van der Waals surface area contributed by atoms with Gasteiger partial charge in [-0.1, -0.05) is 13.8 Å². The second-order valence-electron chi connectivity index (χ2n) is 5.27. The van der Waals surface area contributed by atoms with Crippen LogP contribution in [0, 0.1) is 6.92 Å². The summed E-state index contributed by atoms with van der Waals surface area (Å²) in [5.41, 5.74) is 3.63. The van der Waals surface area contributed by atoms with Crippen molar-refractivity contribution in [2.24, 2.45) is 5.84 Å². The van der Waals surface area contributed by atoms with E-state index in [0.717, 1.165) is 36.7 Å². The fourth-order valence-electron chi connectivity index (χ4n) is 2.79. The molecule has 1 aromatic rings. The molecule has 4 N–H and O–H groups in total. The number of nitrogens with two attached hydrogens (primary N) is 1. The third kappa shape index (κ3) is 3.19. The summed E-state index contributed by atoms with van der Waals surface area (Å²) in [6.45, 7) is 9.51. The number of aryl methyl sites for hydroxylation is 1. The minimum Gasteiger partial charge on any atom is -0.368 e. The lowest BCUT2D eigenvalue weighted by Crippen LogP contribution is -2.35. The molecule has 2 heterocycles. The highest BCUT2D eigenvalue weighted by Gasteiger charge is 2.23. The smallest absolute Gasteiger partial charge is 0.148 e. The van der Waals surface area contributed by atoms with Gasteiger partial charge in [-0.25, -0.2) is 15.8 Å². The zero-order valence-electron chi connectivity index (χ0n) is 12.7. The lowest BCUT2D eigenvalue weighted by molar-refractivity contribution is 0.277. The van der Waals surface area contributed by atoms with Crippen molar-refractivity contribution in [3.05, 3.63) is 11.4 Å². The Kier molecular flexibility index (Phi) is 5.14. The molecule has 1 aliphatic heterocycles. The molecule has 0 aromatic carbocycles. The van der Waals surface area contributed by atoms with E-state index >= 15 is 0 Å². The zero-order chi connectivity index (χ0) is 14.5. The maximum absolute atomic E-state index is 5.53. The van der Waals surface area contributed by atoms with E-state index < -0.39 is 0 Å². The van der Waals surface area contributed by atoms with Gasteiger partial charge in [0.25, 0.3) is 0 Å². The van der Waals surface area contributed by atoms with Crippen LogP contribution in [0.2, 0.25) is 0 Å². The summed E-state index contributed by atoms with van der Waals surface area (Å²) in [5, 5.41) is 3.48. The van der Waals surface area contributed by atoms with Gasteiger partial charge >= 0.3 is 0 Å². The van der Waals surface area contributed by atoms with E-state index in [2.05, 4.69) is 32.5 Å². The van der Waals surface area contributed by atoms with Crippen LogP contribution in [0.25, 0.3) is 0 Å². The molecule has 1 unspecified atom stereocenters. The van der Waals surface area contributed by atoms with E-state index in [4.69, 9.17) is 5.84 Å². The summed E-state index contributed by atoms with van der Waals surface area (Å²) in [6.07, 6.45) is 3.35. The van der Waals surface area contributed by atoms with Crippen LogP contribution in [0.15, 0.2) is 0 Å². The van der Waals surface area contributed by atoms with Crippen molar-refractivity contribution in [3.63, 3.8) is 0 Å². The quantitative estimate of drug-likeness (QED) is 0.541. The Labute approximate surface area is 121 Å². The average Bonchev–Trinajstić information content (AvgIpc) is 2.93. The Bertz CT molecular complexity index is 448. The average molecular weight is 278 g/mol. The molecule has 1 aliphatic rings. The fraction of sp³-hybridized carbons (Fsp3) is 0.714. The molecule has 1 saturated heterocycles. The van der Waals surface area contributed by atoms with Crippen molar-refractivity contribution in [1.29, 1.82) is 0 Å². The third-order valence-electron chi connectivity index (χ3n) is 4.06. The maximum atomic E-state index is 5.53. The van der Waals surface area contributed by atoms with Crippen LogP contribution >= 0.6 is 0 Å². The number of hydrazine groups is 1. The monoisotopic (exact) mass is 278 g/mol. The molecule has 112 valence electrons. The van der Waals surface area contributed by atoms with Gasteiger partial charge in [0.2, 0.25) is 0 Å². The second kappa shape index (κ2) is 6.85. The summed E-state index contributed by atoms with van der Waals surface area (Å²) >= 11 is 0. The Morgan fingerprint density at radius 2 is 2.05 bits per heavy atom. The molecule has 0 aliphatic carbocycles. The number of anilines is 2. The van der Waals surface area contributed by atoms with Crippen LogP contribution in [0.5, 0.6) is 0 Å². The first-order valence-electron chi connectivity index (χ1n) is 7.51. The van der Waals surface area contributed by atoms with Gasteiger partial charge in [-0.15, -0.1) is 0 Å². The number of likely N-dealkylation sites (N-methyl/N-ethyl adjacent to an activating group) is 1. The van der Waals surface area contributed by atoms with Crippen LogP contribution in [0.4, 0.5) is 11.6 Å². The predicted molar refractivity (Wildman–Crippen MR) is 82.7 cm³/mol. The van der Waals surface area contributed by atoms with E-state index in [9.17, 15) is 0 Å². The molecule has 0 radical (unpaired) electrons. The van der Waals surface area contributed by atoms with E-state index in [1.54, 1.807) is 0 Å². The van der Waals surface area contributed by atoms with Crippen LogP contribution in [-0.2, 0) is 6.42 Å². The highest BCUT2D eigenvalue weighted by atomic mass is 15.3. The third-order valence-corrected chi connectivity index (χ3v) is 4.06. The number of hydrogen-bond acceptors (Lipinski definition) is 6. The first kappa shape index (κ1) is 15.0. The summed E-state index contributed by atoms with van der Waals surface area (Å²) in [6, 6.07) is 0.605. The maximum Gasteiger partial charge on any atom is 0.148 e. The van der Waals surface area contributed by atoms with Crippen molar-refractivity contribution >= 4 is 11.6 Å². The summed E-state index contributed by atoms with van der Waals surface area (Å²) < 4.78 is 0. The minimum absolute atomic E-state index is 0.605. The first-order valence-corrected chi connectivity index (χ1v) is 7.51. The molecule has 2 rings (SSSR count). The number of nitrogens with one attached hydrogen (secondary N) is 2. The van der Waals surface area contributed by atoms with Gasteiger partial charge in [0.1, 0.15) is 17.5 Å². The summed E-state index contributed by atoms with van der Waals surface area (Å²) in [4.78, 5) is 11.5. The molecule has 0 saturated carbocycles.